The van der Waals surface area contributed by atoms with Crippen molar-refractivity contribution in [1.29, 1.82) is 0 Å². The molecule has 1 heterocycles. The molecule has 1 aliphatic heterocycles. The van der Waals surface area contributed by atoms with Crippen LogP contribution >= 0.6 is 0 Å². The Hall–Kier alpha value is -2.69. The molecule has 0 bridgehead atoms. The fourth-order valence-electron chi connectivity index (χ4n) is 3.13. The van der Waals surface area contributed by atoms with Crippen molar-refractivity contribution in [3.05, 3.63) is 54.1 Å². The molecule has 0 aliphatic carbocycles. The van der Waals surface area contributed by atoms with Crippen molar-refractivity contribution in [2.75, 3.05) is 7.11 Å². The average molecular weight is 355 g/mol. The van der Waals surface area contributed by atoms with E-state index in [9.17, 15) is 4.79 Å². The summed E-state index contributed by atoms with van der Waals surface area (Å²) in [5.41, 5.74) is 0.548. The van der Waals surface area contributed by atoms with Crippen LogP contribution in [0.15, 0.2) is 48.5 Å². The normalized spacial score (nSPS) is 18.8. The van der Waals surface area contributed by atoms with Crippen LogP contribution in [0.1, 0.15) is 38.8 Å². The number of benzene rings is 2. The van der Waals surface area contributed by atoms with Crippen molar-refractivity contribution < 1.29 is 19.0 Å². The molecular weight excluding hydrogens is 330 g/mol. The Balaban J connectivity index is 1.77. The summed E-state index contributed by atoms with van der Waals surface area (Å²) in [6, 6.07) is 14.8. The molecule has 3 rings (SSSR count). The minimum Gasteiger partial charge on any atom is -0.497 e. The van der Waals surface area contributed by atoms with E-state index in [4.69, 9.17) is 14.2 Å². The Morgan fingerprint density at radius 3 is 2.62 bits per heavy atom. The van der Waals surface area contributed by atoms with E-state index < -0.39 is 6.10 Å². The van der Waals surface area contributed by atoms with Crippen LogP contribution in [0.5, 0.6) is 17.2 Å². The number of hydrogen-bond donors (Lipinski definition) is 1. The number of methoxy groups -OCH3 is 1. The Morgan fingerprint density at radius 2 is 1.92 bits per heavy atom. The lowest BCUT2D eigenvalue weighted by Gasteiger charge is -2.38. The summed E-state index contributed by atoms with van der Waals surface area (Å²) < 4.78 is 17.1. The van der Waals surface area contributed by atoms with Crippen LogP contribution in [0.4, 0.5) is 0 Å². The Bertz CT molecular complexity index is 773. The summed E-state index contributed by atoms with van der Waals surface area (Å²) in [6.07, 6.45) is 0.0640. The molecule has 0 fully saturated rings. The number of carbonyl (C=O) groups excluding carboxylic acids is 1. The second-order valence-electron chi connectivity index (χ2n) is 7.10. The summed E-state index contributed by atoms with van der Waals surface area (Å²) in [4.78, 5) is 12.7. The third kappa shape index (κ3) is 4.10. The summed E-state index contributed by atoms with van der Waals surface area (Å²) >= 11 is 0. The van der Waals surface area contributed by atoms with Crippen LogP contribution in [0.25, 0.3) is 0 Å². The Kier molecular flexibility index (Phi) is 5.07. The zero-order valence-electron chi connectivity index (χ0n) is 15.6. The third-order valence-corrected chi connectivity index (χ3v) is 4.42. The number of fused-ring (bicyclic) bond motifs is 1. The van der Waals surface area contributed by atoms with Crippen LogP contribution < -0.4 is 19.5 Å². The van der Waals surface area contributed by atoms with E-state index in [1.165, 1.54) is 0 Å². The maximum atomic E-state index is 12.7. The van der Waals surface area contributed by atoms with Gasteiger partial charge >= 0.3 is 0 Å². The van der Waals surface area contributed by atoms with Crippen LogP contribution in [0, 0.1) is 0 Å². The first kappa shape index (κ1) is 18.1. The highest BCUT2D eigenvalue weighted by atomic mass is 16.5. The van der Waals surface area contributed by atoms with Crippen molar-refractivity contribution >= 4 is 5.91 Å². The molecule has 2 aromatic carbocycles. The van der Waals surface area contributed by atoms with Crippen molar-refractivity contribution in [2.24, 2.45) is 0 Å². The molecule has 5 heteroatoms. The molecule has 1 N–H and O–H groups in total. The highest BCUT2D eigenvalue weighted by Gasteiger charge is 2.35. The number of ether oxygens (including phenoxy) is 3. The number of amides is 1. The standard InChI is InChI=1S/C21H25NO4/c1-14(25-15-8-6-5-7-9-15)20(23)22-18-13-21(2,3)26-19-11-10-16(24-4)12-17(18)19/h5-12,14,18H,13H2,1-4H3,(H,22,23)/t14-,18+/m0/s1. The number of hydrogen-bond acceptors (Lipinski definition) is 4. The molecule has 1 aliphatic rings. The number of para-hydroxylation sites is 1. The molecular formula is C21H25NO4. The van der Waals surface area contributed by atoms with Crippen molar-refractivity contribution in [3.63, 3.8) is 0 Å². The van der Waals surface area contributed by atoms with E-state index in [-0.39, 0.29) is 17.6 Å². The van der Waals surface area contributed by atoms with Gasteiger partial charge < -0.3 is 19.5 Å². The quantitative estimate of drug-likeness (QED) is 0.884. The van der Waals surface area contributed by atoms with Gasteiger partial charge in [-0.15, -0.1) is 0 Å². The molecule has 0 spiro atoms. The van der Waals surface area contributed by atoms with Crippen molar-refractivity contribution in [1.82, 2.24) is 5.32 Å². The molecule has 26 heavy (non-hydrogen) atoms. The van der Waals surface area contributed by atoms with E-state index in [2.05, 4.69) is 5.32 Å². The van der Waals surface area contributed by atoms with Gasteiger partial charge in [0.05, 0.1) is 13.2 Å². The van der Waals surface area contributed by atoms with Gasteiger partial charge in [-0.2, -0.15) is 0 Å². The predicted molar refractivity (Wildman–Crippen MR) is 99.7 cm³/mol. The van der Waals surface area contributed by atoms with Crippen LogP contribution in [0.3, 0.4) is 0 Å². The topological polar surface area (TPSA) is 56.8 Å². The zero-order chi connectivity index (χ0) is 18.7. The maximum absolute atomic E-state index is 12.7. The molecule has 0 saturated heterocycles. The lowest BCUT2D eigenvalue weighted by Crippen LogP contribution is -2.44. The SMILES string of the molecule is COc1ccc2c(c1)[C@H](NC(=O)[C@H](C)Oc1ccccc1)CC(C)(C)O2. The molecule has 138 valence electrons. The number of carbonyl (C=O) groups is 1. The highest BCUT2D eigenvalue weighted by Crippen LogP contribution is 2.41. The molecule has 0 aromatic heterocycles. The molecule has 0 unspecified atom stereocenters. The summed E-state index contributed by atoms with van der Waals surface area (Å²) in [5, 5.41) is 3.10. The first-order valence-electron chi connectivity index (χ1n) is 8.77. The van der Waals surface area contributed by atoms with E-state index in [0.717, 1.165) is 17.1 Å². The lowest BCUT2D eigenvalue weighted by molar-refractivity contribution is -0.128. The van der Waals surface area contributed by atoms with E-state index >= 15 is 0 Å². The minimum absolute atomic E-state index is 0.162. The fourth-order valence-corrected chi connectivity index (χ4v) is 3.13. The average Bonchev–Trinajstić information content (AvgIpc) is 2.61. The second kappa shape index (κ2) is 7.28. The van der Waals surface area contributed by atoms with E-state index in [1.54, 1.807) is 14.0 Å². The van der Waals surface area contributed by atoms with Crippen LogP contribution in [0.2, 0.25) is 0 Å². The van der Waals surface area contributed by atoms with Gasteiger partial charge in [0, 0.05) is 12.0 Å². The summed E-state index contributed by atoms with van der Waals surface area (Å²) in [6.45, 7) is 5.78. The van der Waals surface area contributed by atoms with Gasteiger partial charge in [0.1, 0.15) is 22.8 Å². The summed E-state index contributed by atoms with van der Waals surface area (Å²) in [5.74, 6) is 2.01. The van der Waals surface area contributed by atoms with E-state index in [1.807, 2.05) is 62.4 Å². The maximum Gasteiger partial charge on any atom is 0.261 e. The van der Waals surface area contributed by atoms with Crippen molar-refractivity contribution in [2.45, 2.75) is 44.9 Å². The van der Waals surface area contributed by atoms with Gasteiger partial charge in [-0.3, -0.25) is 4.79 Å². The first-order chi connectivity index (χ1) is 12.4. The lowest BCUT2D eigenvalue weighted by atomic mass is 9.89. The Morgan fingerprint density at radius 1 is 1.19 bits per heavy atom. The first-order valence-corrected chi connectivity index (χ1v) is 8.77. The van der Waals surface area contributed by atoms with Gasteiger partial charge in [-0.25, -0.2) is 0 Å². The minimum atomic E-state index is -0.600. The molecule has 2 atom stereocenters. The predicted octanol–water partition coefficient (Wildman–Crippen LogP) is 3.88. The largest absolute Gasteiger partial charge is 0.497 e. The number of nitrogens with one attached hydrogen (secondary N) is 1. The van der Waals surface area contributed by atoms with Crippen LogP contribution in [-0.4, -0.2) is 24.7 Å². The van der Waals surface area contributed by atoms with E-state index in [0.29, 0.717) is 12.2 Å². The Labute approximate surface area is 154 Å². The van der Waals surface area contributed by atoms with Gasteiger partial charge in [0.15, 0.2) is 6.10 Å². The van der Waals surface area contributed by atoms with Gasteiger partial charge in [0.25, 0.3) is 5.91 Å². The van der Waals surface area contributed by atoms with Gasteiger partial charge in [-0.05, 0) is 51.1 Å². The fraction of sp³-hybridized carbons (Fsp3) is 0.381. The molecule has 0 radical (unpaired) electrons. The van der Waals surface area contributed by atoms with Gasteiger partial charge in [0.2, 0.25) is 0 Å². The van der Waals surface area contributed by atoms with Crippen molar-refractivity contribution in [3.8, 4) is 17.2 Å². The second-order valence-corrected chi connectivity index (χ2v) is 7.10. The highest BCUT2D eigenvalue weighted by molar-refractivity contribution is 5.81. The third-order valence-electron chi connectivity index (χ3n) is 4.42. The monoisotopic (exact) mass is 355 g/mol. The van der Waals surface area contributed by atoms with Gasteiger partial charge in [-0.1, -0.05) is 18.2 Å². The summed E-state index contributed by atoms with van der Waals surface area (Å²) in [7, 11) is 1.62. The zero-order valence-corrected chi connectivity index (χ0v) is 15.6. The van der Waals surface area contributed by atoms with Crippen LogP contribution in [-0.2, 0) is 4.79 Å². The molecule has 5 nitrogen and oxygen atoms in total. The molecule has 1 amide bonds. The number of rotatable bonds is 5. The smallest absolute Gasteiger partial charge is 0.261 e. The molecule has 2 aromatic rings. The molecule has 0 saturated carbocycles.